The predicted molar refractivity (Wildman–Crippen MR) is 326 cm³/mol. The van der Waals surface area contributed by atoms with Gasteiger partial charge in [-0.15, -0.1) is 11.6 Å². The number of methoxy groups -OCH3 is 3. The Morgan fingerprint density at radius 2 is 1.53 bits per heavy atom. The minimum Gasteiger partial charge on any atom is -0.492 e. The van der Waals surface area contributed by atoms with Crippen LogP contribution in [0.15, 0.2) is 66.7 Å². The molecule has 2 unspecified atom stereocenters. The Morgan fingerprint density at radius 1 is 0.841 bits per heavy atom. The molecular weight excluding hydrogens is 1170 g/mol. The number of H-pyrrole nitrogens is 1. The van der Waals surface area contributed by atoms with Crippen LogP contribution in [0.5, 0.6) is 17.2 Å². The van der Waals surface area contributed by atoms with E-state index in [0.29, 0.717) is 56.7 Å². The highest BCUT2D eigenvalue weighted by Crippen LogP contribution is 2.47. The van der Waals surface area contributed by atoms with Crippen LogP contribution in [0.2, 0.25) is 0 Å². The lowest BCUT2D eigenvalue weighted by molar-refractivity contribution is -0.194. The number of nitrogens with zero attached hydrogens (tertiary/aromatic N) is 3. The lowest BCUT2D eigenvalue weighted by Gasteiger charge is -2.25. The van der Waals surface area contributed by atoms with Crippen molar-refractivity contribution in [1.29, 1.82) is 0 Å². The summed E-state index contributed by atoms with van der Waals surface area (Å²) in [5.41, 5.74) is 8.71. The van der Waals surface area contributed by atoms with E-state index in [0.717, 1.165) is 10.9 Å². The summed E-state index contributed by atoms with van der Waals surface area (Å²) in [5.74, 6) is -2.31. The minimum absolute atomic E-state index is 0.0460. The Morgan fingerprint density at radius 3 is 2.16 bits per heavy atom. The molecule has 26 nitrogen and oxygen atoms in total. The molecule has 0 saturated heterocycles. The Bertz CT molecular complexity index is 3250. The number of aliphatic hydroxyl groups is 2. The second-order valence-corrected chi connectivity index (χ2v) is 21.6. The molecule has 4 aromatic carbocycles. The number of aromatic nitrogens is 1. The molecule has 5 atom stereocenters. The maximum atomic E-state index is 14.4. The number of nitrogens with two attached hydrogens (primary N) is 1. The molecule has 0 saturated carbocycles. The maximum Gasteiger partial charge on any atom is 0.415 e. The number of urea groups is 1. The summed E-state index contributed by atoms with van der Waals surface area (Å²) < 4.78 is 38.7. The van der Waals surface area contributed by atoms with Gasteiger partial charge in [0, 0.05) is 100 Å². The minimum atomic E-state index is -1.12. The van der Waals surface area contributed by atoms with E-state index in [4.69, 9.17) is 50.5 Å². The van der Waals surface area contributed by atoms with Gasteiger partial charge in [0.2, 0.25) is 17.7 Å². The van der Waals surface area contributed by atoms with Gasteiger partial charge >= 0.3 is 24.2 Å². The number of aliphatic hydroxyl groups excluding tert-OH is 2. The number of esters is 1. The number of rotatable bonds is 32. The van der Waals surface area contributed by atoms with Crippen molar-refractivity contribution in [2.24, 2.45) is 11.7 Å². The van der Waals surface area contributed by atoms with Gasteiger partial charge in [0.05, 0.1) is 44.7 Å². The number of fused-ring (bicyclic) bond motifs is 4. The van der Waals surface area contributed by atoms with Crippen molar-refractivity contribution < 1.29 is 81.7 Å². The van der Waals surface area contributed by atoms with E-state index in [1.54, 1.807) is 61.2 Å². The fraction of sp³-hybridized carbons (Fsp3) is 0.475. The number of carbonyl (C=O) groups excluding carboxylic acids is 8. The molecule has 0 radical (unpaired) electrons. The molecule has 8 amide bonds. The first kappa shape index (κ1) is 68.7. The molecule has 6 rings (SSSR count). The molecule has 9 N–H and O–H groups in total. The van der Waals surface area contributed by atoms with Crippen molar-refractivity contribution in [1.82, 2.24) is 30.7 Å². The number of ether oxygens (including phenoxy) is 7. The van der Waals surface area contributed by atoms with Crippen molar-refractivity contribution in [3.05, 3.63) is 89.1 Å². The van der Waals surface area contributed by atoms with Gasteiger partial charge in [-0.1, -0.05) is 57.2 Å². The smallest absolute Gasteiger partial charge is 0.415 e. The predicted octanol–water partition coefficient (Wildman–Crippen LogP) is 6.00. The second kappa shape index (κ2) is 33.1. The first-order chi connectivity index (χ1) is 42.2. The highest BCUT2D eigenvalue weighted by atomic mass is 35.5. The van der Waals surface area contributed by atoms with E-state index in [2.05, 4.69) is 26.3 Å². The van der Waals surface area contributed by atoms with Gasteiger partial charge < -0.3 is 90.1 Å². The number of nitrogens with one attached hydrogen (secondary N) is 5. The Labute approximate surface area is 514 Å². The molecule has 88 heavy (non-hydrogen) atoms. The fourth-order valence-corrected chi connectivity index (χ4v) is 10.1. The summed E-state index contributed by atoms with van der Waals surface area (Å²) >= 11 is 6.56. The average Bonchev–Trinajstić information content (AvgIpc) is 1.87. The first-order valence-corrected chi connectivity index (χ1v) is 29.3. The summed E-state index contributed by atoms with van der Waals surface area (Å²) in [7, 11) is 7.34. The standard InChI is InChI=1S/C61H80ClN9O17/c1-9-41(32-73)87-50(82-6)34-85-49(75)18-12-17-48(74)68-52(35(2)3)57(77)67-44(16-13-23-64-59(63)79)56(76)65-40-21-19-36(20-22-40)33-86-60(80)69(4)24-25-70(5)61(81)88-47-28-46-51(43-15-11-10-14-42(43)47)39(29-62)30-71(46)58(78)45-27-37-26-38(31-72)54(83-7)55(84-8)53(37)66-45/h10-11,14-15,19-22,26-28,35,39,41,44,50,52,66,72-73H,9,12-13,16-18,23-25,29-34H2,1-8H3,(H,65,76)(H,67,77)(H,68,74)(H3,63,64,79)/t39-,41?,44+,50?,52+/m0/s1. The molecule has 1 aromatic heterocycles. The van der Waals surface area contributed by atoms with Gasteiger partial charge in [-0.05, 0) is 72.4 Å². The van der Waals surface area contributed by atoms with Crippen LogP contribution in [-0.2, 0) is 51.3 Å². The topological polar surface area (TPSA) is 341 Å². The van der Waals surface area contributed by atoms with Crippen molar-refractivity contribution >= 4 is 92.5 Å². The zero-order valence-electron chi connectivity index (χ0n) is 50.7. The number of carbonyl (C=O) groups is 8. The quantitative estimate of drug-likeness (QED) is 0.0106. The van der Waals surface area contributed by atoms with Crippen molar-refractivity contribution in [3.63, 3.8) is 0 Å². The van der Waals surface area contributed by atoms with Crippen LogP contribution in [0.25, 0.3) is 21.7 Å². The molecule has 1 aliphatic heterocycles. The summed E-state index contributed by atoms with van der Waals surface area (Å²) in [6, 6.07) is 15.9. The van der Waals surface area contributed by atoms with Gasteiger partial charge in [0.25, 0.3) is 5.91 Å². The molecular formula is C61H80ClN9O17. The van der Waals surface area contributed by atoms with Crippen LogP contribution in [0, 0.1) is 5.92 Å². The molecule has 1 aliphatic rings. The Kier molecular flexibility index (Phi) is 25.8. The number of anilines is 2. The van der Waals surface area contributed by atoms with Gasteiger partial charge in [-0.2, -0.15) is 0 Å². The fourth-order valence-electron chi connectivity index (χ4n) is 9.82. The zero-order valence-corrected chi connectivity index (χ0v) is 51.5. The summed E-state index contributed by atoms with van der Waals surface area (Å²) in [6.07, 6.45) is -2.04. The van der Waals surface area contributed by atoms with E-state index >= 15 is 0 Å². The average molecular weight is 1250 g/mol. The van der Waals surface area contributed by atoms with E-state index < -0.39 is 72.3 Å². The van der Waals surface area contributed by atoms with Crippen LogP contribution < -0.4 is 46.1 Å². The van der Waals surface area contributed by atoms with E-state index in [1.807, 2.05) is 31.2 Å². The number of primary amides is 1. The van der Waals surface area contributed by atoms with E-state index in [-0.39, 0.29) is 114 Å². The number of hydrogen-bond donors (Lipinski definition) is 8. The van der Waals surface area contributed by atoms with E-state index in [1.165, 1.54) is 45.2 Å². The second-order valence-electron chi connectivity index (χ2n) is 21.3. The molecule has 2 heterocycles. The monoisotopic (exact) mass is 1250 g/mol. The number of amides is 8. The number of benzene rings is 4. The first-order valence-electron chi connectivity index (χ1n) is 28.8. The zero-order chi connectivity index (χ0) is 64.2. The summed E-state index contributed by atoms with van der Waals surface area (Å²) in [5, 5.41) is 32.1. The largest absolute Gasteiger partial charge is 0.492 e. The van der Waals surface area contributed by atoms with Crippen molar-refractivity contribution in [2.45, 2.75) is 103 Å². The number of alkyl halides is 1. The van der Waals surface area contributed by atoms with Crippen molar-refractivity contribution in [2.75, 3.05) is 90.9 Å². The summed E-state index contributed by atoms with van der Waals surface area (Å²) in [6.45, 7) is 4.81. The van der Waals surface area contributed by atoms with Crippen LogP contribution >= 0.6 is 11.6 Å². The lowest BCUT2D eigenvalue weighted by Crippen LogP contribution is -2.54. The number of aromatic amines is 1. The van der Waals surface area contributed by atoms with Gasteiger partial charge in [-0.25, -0.2) is 14.4 Å². The lowest BCUT2D eigenvalue weighted by atomic mass is 9.95. The molecule has 0 bridgehead atoms. The van der Waals surface area contributed by atoms with Crippen LogP contribution in [0.3, 0.4) is 0 Å². The molecule has 0 fully saturated rings. The third-order valence-electron chi connectivity index (χ3n) is 14.7. The SMILES string of the molecule is CCC(CO)OC(COC(=O)CCCC(=O)N[C@@H](C(=O)N[C@H](CCCNC(N)=O)C(=O)Nc1ccc(COC(=O)N(C)CCN(C)C(=O)Oc2cc3c(c4ccccc24)[C@@H](CCl)CN3C(=O)c2cc3cc(CO)c(OC)c(OC)c3[nH]2)cc1)C(C)C)OC. The van der Waals surface area contributed by atoms with Crippen LogP contribution in [-0.4, -0.2) is 178 Å². The molecule has 0 aliphatic carbocycles. The van der Waals surface area contributed by atoms with E-state index in [9.17, 15) is 48.6 Å². The third-order valence-corrected chi connectivity index (χ3v) is 15.1. The molecule has 27 heteroatoms. The van der Waals surface area contributed by atoms with Gasteiger partial charge in [0.1, 0.15) is 36.7 Å². The van der Waals surface area contributed by atoms with Crippen LogP contribution in [0.4, 0.5) is 25.8 Å². The number of hydrogen-bond acceptors (Lipinski definition) is 17. The Balaban J connectivity index is 1.01. The highest BCUT2D eigenvalue weighted by molar-refractivity contribution is 6.19. The number of halogens is 1. The number of likely N-dealkylation sites (N-methyl/N-ethyl adjacent to an activating group) is 2. The van der Waals surface area contributed by atoms with Crippen molar-refractivity contribution in [3.8, 4) is 17.2 Å². The van der Waals surface area contributed by atoms with Gasteiger partial charge in [-0.3, -0.25) is 24.0 Å². The Hall–Kier alpha value is -8.43. The summed E-state index contributed by atoms with van der Waals surface area (Å²) in [4.78, 5) is 113. The molecule has 5 aromatic rings. The molecule has 0 spiro atoms. The maximum absolute atomic E-state index is 14.4. The third kappa shape index (κ3) is 18.1. The van der Waals surface area contributed by atoms with Crippen LogP contribution in [0.1, 0.15) is 92.4 Å². The highest BCUT2D eigenvalue weighted by Gasteiger charge is 2.37. The van der Waals surface area contributed by atoms with Gasteiger partial charge in [0.15, 0.2) is 17.8 Å². The molecule has 478 valence electrons. The normalized spacial score (nSPS) is 14.0.